The Labute approximate surface area is 158 Å². The first kappa shape index (κ1) is 17.8. The van der Waals surface area contributed by atoms with Crippen LogP contribution in [0.2, 0.25) is 0 Å². The van der Waals surface area contributed by atoms with E-state index in [1.165, 1.54) is 31.5 Å². The van der Waals surface area contributed by atoms with Crippen LogP contribution < -0.4 is 0 Å². The summed E-state index contributed by atoms with van der Waals surface area (Å²) >= 11 is 0.959. The van der Waals surface area contributed by atoms with E-state index in [0.717, 1.165) is 11.8 Å². The van der Waals surface area contributed by atoms with Crippen molar-refractivity contribution in [3.05, 3.63) is 77.6 Å². The predicted octanol–water partition coefficient (Wildman–Crippen LogP) is 3.86. The van der Waals surface area contributed by atoms with Gasteiger partial charge in [-0.25, -0.2) is 18.4 Å². The molecule has 1 aliphatic heterocycles. The minimum absolute atomic E-state index is 0.123. The van der Waals surface area contributed by atoms with Crippen molar-refractivity contribution in [3.63, 3.8) is 0 Å². The minimum Gasteiger partial charge on any atom is -0.354 e. The van der Waals surface area contributed by atoms with Crippen LogP contribution in [0, 0.1) is 11.6 Å². The average molecular weight is 387 g/mol. The molecule has 1 fully saturated rings. The second-order valence-electron chi connectivity index (χ2n) is 6.21. The fourth-order valence-corrected chi connectivity index (χ4v) is 3.71. The molecule has 0 aliphatic carbocycles. The summed E-state index contributed by atoms with van der Waals surface area (Å²) < 4.78 is 35.2. The van der Waals surface area contributed by atoms with E-state index in [4.69, 9.17) is 4.74 Å². The van der Waals surface area contributed by atoms with Gasteiger partial charge in [-0.2, -0.15) is 5.10 Å². The number of rotatable bonds is 5. The quantitative estimate of drug-likeness (QED) is 0.491. The second-order valence-corrected chi connectivity index (χ2v) is 7.35. The molecule has 0 bridgehead atoms. The zero-order chi connectivity index (χ0) is 19.0. The molecule has 0 spiro atoms. The molecule has 8 heteroatoms. The summed E-state index contributed by atoms with van der Waals surface area (Å²) in [6.45, 7) is 1.66. The number of carbonyl (C=O) groups excluding carboxylic acids is 1. The van der Waals surface area contributed by atoms with Crippen molar-refractivity contribution < 1.29 is 18.3 Å². The van der Waals surface area contributed by atoms with Crippen molar-refractivity contribution in [1.29, 1.82) is 0 Å². The lowest BCUT2D eigenvalue weighted by Crippen LogP contribution is -2.21. The van der Waals surface area contributed by atoms with Gasteiger partial charge in [0.1, 0.15) is 29.7 Å². The Morgan fingerprint density at radius 1 is 1.22 bits per heavy atom. The van der Waals surface area contributed by atoms with Gasteiger partial charge in [-0.05, 0) is 35.5 Å². The number of nitrogens with zero attached hydrogens (tertiary/aromatic N) is 3. The first-order chi connectivity index (χ1) is 13.0. The molecule has 1 saturated heterocycles. The highest BCUT2D eigenvalue weighted by Crippen LogP contribution is 2.58. The first-order valence-electron chi connectivity index (χ1n) is 8.24. The summed E-state index contributed by atoms with van der Waals surface area (Å²) in [6, 6.07) is 12.3. The molecule has 0 N–H and O–H groups in total. The maximum atomic E-state index is 14.3. The first-order valence-corrected chi connectivity index (χ1v) is 9.06. The average Bonchev–Trinajstić information content (AvgIpc) is 3.20. The lowest BCUT2D eigenvalue weighted by Gasteiger charge is -2.15. The predicted molar refractivity (Wildman–Crippen MR) is 94.9 cm³/mol. The van der Waals surface area contributed by atoms with Gasteiger partial charge in [0.15, 0.2) is 10.3 Å². The fraction of sp³-hybridized carbons (Fsp3) is 0.211. The van der Waals surface area contributed by atoms with Gasteiger partial charge in [0.2, 0.25) is 0 Å². The van der Waals surface area contributed by atoms with Crippen LogP contribution >= 0.6 is 11.8 Å². The van der Waals surface area contributed by atoms with Gasteiger partial charge < -0.3 is 4.74 Å². The van der Waals surface area contributed by atoms with Crippen molar-refractivity contribution in [3.8, 4) is 0 Å². The molecule has 1 aromatic heterocycles. The molecule has 27 heavy (non-hydrogen) atoms. The second kappa shape index (κ2) is 6.86. The van der Waals surface area contributed by atoms with E-state index < -0.39 is 11.7 Å². The Hall–Kier alpha value is -2.58. The van der Waals surface area contributed by atoms with Gasteiger partial charge in [0.25, 0.3) is 0 Å². The van der Waals surface area contributed by atoms with Crippen molar-refractivity contribution in [1.82, 2.24) is 14.8 Å². The summed E-state index contributed by atoms with van der Waals surface area (Å²) in [7, 11) is 0. The highest BCUT2D eigenvalue weighted by molar-refractivity contribution is 8.13. The zero-order valence-corrected chi connectivity index (χ0v) is 15.1. The molecule has 2 unspecified atom stereocenters. The van der Waals surface area contributed by atoms with Crippen LogP contribution in [-0.2, 0) is 21.7 Å². The number of benzene rings is 2. The number of carbonyl (C=O) groups is 1. The largest absolute Gasteiger partial charge is 0.354 e. The van der Waals surface area contributed by atoms with Gasteiger partial charge in [0.05, 0.1) is 6.54 Å². The molecule has 1 aliphatic rings. The van der Waals surface area contributed by atoms with Crippen molar-refractivity contribution in [2.45, 2.75) is 30.3 Å². The molecular formula is C19H15F2N3O2S. The molecule has 0 amide bonds. The molecular weight excluding hydrogens is 372 g/mol. The van der Waals surface area contributed by atoms with Crippen molar-refractivity contribution >= 4 is 16.9 Å². The highest BCUT2D eigenvalue weighted by Gasteiger charge is 2.60. The molecule has 2 atom stereocenters. The van der Waals surface area contributed by atoms with Crippen LogP contribution in [0.25, 0.3) is 0 Å². The van der Waals surface area contributed by atoms with Gasteiger partial charge in [-0.15, -0.1) is 0 Å². The fourth-order valence-electron chi connectivity index (χ4n) is 3.13. The molecule has 4 rings (SSSR count). The van der Waals surface area contributed by atoms with Crippen LogP contribution in [-0.4, -0.2) is 19.9 Å². The van der Waals surface area contributed by atoms with E-state index in [1.807, 2.05) is 0 Å². The van der Waals surface area contributed by atoms with Gasteiger partial charge >= 0.3 is 0 Å². The van der Waals surface area contributed by atoms with Crippen LogP contribution in [0.3, 0.4) is 0 Å². The number of ether oxygens (including phenoxy) is 1. The number of aromatic nitrogens is 3. The molecule has 5 nitrogen and oxygen atoms in total. The zero-order valence-electron chi connectivity index (χ0n) is 14.3. The van der Waals surface area contributed by atoms with Crippen LogP contribution in [0.5, 0.6) is 0 Å². The summed E-state index contributed by atoms with van der Waals surface area (Å²) in [5.41, 5.74) is 0.199. The molecule has 2 heterocycles. The Kier molecular flexibility index (Phi) is 4.53. The standard InChI is InChI=1S/C19H15F2N3O2S/c1-12(25)27-18-22-11-23-24(18)10-19(13-6-8-14(20)9-7-13)17(26-19)15-4-2-3-5-16(15)21/h2-9,11,17H,10H2,1H3. The summed E-state index contributed by atoms with van der Waals surface area (Å²) in [6.07, 6.45) is 0.799. The topological polar surface area (TPSA) is 60.3 Å². The van der Waals surface area contributed by atoms with E-state index in [9.17, 15) is 13.6 Å². The molecule has 0 saturated carbocycles. The normalized spacial score (nSPS) is 21.2. The van der Waals surface area contributed by atoms with Crippen LogP contribution in [0.15, 0.2) is 60.0 Å². The lowest BCUT2D eigenvalue weighted by atomic mass is 9.91. The van der Waals surface area contributed by atoms with Gasteiger partial charge in [-0.3, -0.25) is 4.79 Å². The SMILES string of the molecule is CC(=O)Sc1ncnn1CC1(c2ccc(F)cc2)OC1c1ccccc1F. The maximum absolute atomic E-state index is 14.3. The lowest BCUT2D eigenvalue weighted by molar-refractivity contribution is -0.109. The number of hydrogen-bond donors (Lipinski definition) is 0. The summed E-state index contributed by atoms with van der Waals surface area (Å²) in [5.74, 6) is -0.742. The molecule has 2 aromatic carbocycles. The van der Waals surface area contributed by atoms with Crippen molar-refractivity contribution in [2.75, 3.05) is 0 Å². The van der Waals surface area contributed by atoms with E-state index >= 15 is 0 Å². The third kappa shape index (κ3) is 3.38. The monoisotopic (exact) mass is 387 g/mol. The molecule has 0 radical (unpaired) electrons. The maximum Gasteiger partial charge on any atom is 0.193 e. The van der Waals surface area contributed by atoms with E-state index in [-0.39, 0.29) is 23.3 Å². The smallest absolute Gasteiger partial charge is 0.193 e. The van der Waals surface area contributed by atoms with Crippen LogP contribution in [0.1, 0.15) is 24.2 Å². The van der Waals surface area contributed by atoms with E-state index in [1.54, 1.807) is 35.0 Å². The highest BCUT2D eigenvalue weighted by atomic mass is 32.2. The third-order valence-corrected chi connectivity index (χ3v) is 5.20. The Morgan fingerprint density at radius 2 is 1.96 bits per heavy atom. The summed E-state index contributed by atoms with van der Waals surface area (Å²) in [5, 5.41) is 4.47. The third-order valence-electron chi connectivity index (χ3n) is 4.41. The van der Waals surface area contributed by atoms with E-state index in [2.05, 4.69) is 10.1 Å². The Morgan fingerprint density at radius 3 is 2.67 bits per heavy atom. The van der Waals surface area contributed by atoms with Crippen molar-refractivity contribution in [2.24, 2.45) is 0 Å². The molecule has 3 aromatic rings. The van der Waals surface area contributed by atoms with E-state index in [0.29, 0.717) is 16.3 Å². The number of epoxide rings is 1. The Balaban J connectivity index is 1.73. The molecule has 138 valence electrons. The summed E-state index contributed by atoms with van der Waals surface area (Å²) in [4.78, 5) is 15.5. The minimum atomic E-state index is -0.921. The van der Waals surface area contributed by atoms with Crippen LogP contribution in [0.4, 0.5) is 8.78 Å². The van der Waals surface area contributed by atoms with Gasteiger partial charge in [-0.1, -0.05) is 30.3 Å². The number of hydrogen-bond acceptors (Lipinski definition) is 5. The number of thioether (sulfide) groups is 1. The number of halogens is 2. The Bertz CT molecular complexity index is 993. The van der Waals surface area contributed by atoms with Gasteiger partial charge in [0, 0.05) is 12.5 Å².